The molecule has 0 bridgehead atoms. The van der Waals surface area contributed by atoms with Gasteiger partial charge in [0.05, 0.1) is 23.2 Å². The van der Waals surface area contributed by atoms with Crippen LogP contribution in [0.1, 0.15) is 31.2 Å². The molecule has 0 atom stereocenters. The lowest BCUT2D eigenvalue weighted by molar-refractivity contribution is -0.00145. The van der Waals surface area contributed by atoms with E-state index in [1.165, 1.54) is 45.6 Å². The average Bonchev–Trinajstić information content (AvgIpc) is 3.58. The number of nitriles is 1. The zero-order valence-electron chi connectivity index (χ0n) is 22.8. The quantitative estimate of drug-likeness (QED) is 0.488. The van der Waals surface area contributed by atoms with E-state index in [9.17, 15) is 5.26 Å². The van der Waals surface area contributed by atoms with Crippen LogP contribution in [0.5, 0.6) is 0 Å². The second-order valence-electron chi connectivity index (χ2n) is 13.1. The highest BCUT2D eigenvalue weighted by Crippen LogP contribution is 2.68. The molecule has 3 aromatic rings. The maximum absolute atomic E-state index is 10.1. The highest BCUT2D eigenvalue weighted by atomic mass is 15.4. The van der Waals surface area contributed by atoms with Gasteiger partial charge in [0.15, 0.2) is 5.82 Å². The van der Waals surface area contributed by atoms with Gasteiger partial charge in [0.2, 0.25) is 0 Å². The van der Waals surface area contributed by atoms with E-state index in [2.05, 4.69) is 66.9 Å². The molecule has 0 N–H and O–H groups in total. The zero-order chi connectivity index (χ0) is 26.2. The minimum absolute atomic E-state index is 0.346. The van der Waals surface area contributed by atoms with E-state index in [-0.39, 0.29) is 5.41 Å². The first kappa shape index (κ1) is 23.8. The Hall–Kier alpha value is -3.06. The molecule has 9 nitrogen and oxygen atoms in total. The van der Waals surface area contributed by atoms with E-state index in [1.807, 2.05) is 10.9 Å². The fourth-order valence-electron chi connectivity index (χ4n) is 7.78. The minimum atomic E-state index is -0.346. The van der Waals surface area contributed by atoms with Crippen LogP contribution in [0.15, 0.2) is 36.8 Å². The highest BCUT2D eigenvalue weighted by Gasteiger charge is 2.62. The van der Waals surface area contributed by atoms with Gasteiger partial charge in [0.1, 0.15) is 12.1 Å². The molecule has 8 rings (SSSR count). The van der Waals surface area contributed by atoms with Gasteiger partial charge >= 0.3 is 0 Å². The fourth-order valence-corrected chi connectivity index (χ4v) is 7.78. The van der Waals surface area contributed by atoms with Crippen molar-refractivity contribution >= 4 is 16.7 Å². The molecular weight excluding hydrogens is 486 g/mol. The van der Waals surface area contributed by atoms with Gasteiger partial charge < -0.3 is 9.80 Å². The third-order valence-corrected chi connectivity index (χ3v) is 10.3. The van der Waals surface area contributed by atoms with Crippen LogP contribution in [0.2, 0.25) is 0 Å². The molecule has 202 valence electrons. The third-order valence-electron chi connectivity index (χ3n) is 10.3. The Morgan fingerprint density at radius 3 is 2.46 bits per heavy atom. The Labute approximate surface area is 230 Å². The van der Waals surface area contributed by atoms with E-state index in [4.69, 9.17) is 5.10 Å². The summed E-state index contributed by atoms with van der Waals surface area (Å²) in [5.74, 6) is 2.62. The van der Waals surface area contributed by atoms with E-state index in [0.717, 1.165) is 73.0 Å². The molecule has 39 heavy (non-hydrogen) atoms. The van der Waals surface area contributed by atoms with Crippen LogP contribution in [0.3, 0.4) is 0 Å². The van der Waals surface area contributed by atoms with Crippen molar-refractivity contribution in [3.8, 4) is 11.9 Å². The second-order valence-corrected chi connectivity index (χ2v) is 13.1. The highest BCUT2D eigenvalue weighted by molar-refractivity contribution is 5.81. The summed E-state index contributed by atoms with van der Waals surface area (Å²) < 4.78 is 1.92. The van der Waals surface area contributed by atoms with E-state index in [0.29, 0.717) is 11.5 Å². The van der Waals surface area contributed by atoms with Crippen molar-refractivity contribution in [3.63, 3.8) is 0 Å². The molecule has 0 amide bonds. The van der Waals surface area contributed by atoms with Crippen molar-refractivity contribution in [2.75, 3.05) is 70.9 Å². The minimum Gasteiger partial charge on any atom is -0.354 e. The maximum atomic E-state index is 10.1. The monoisotopic (exact) mass is 523 g/mol. The number of rotatable bonds is 6. The number of aromatic nitrogens is 4. The molecular formula is C30H37N9. The molecule has 3 saturated heterocycles. The lowest BCUT2D eigenvalue weighted by atomic mass is 9.57. The van der Waals surface area contributed by atoms with Gasteiger partial charge in [-0.05, 0) is 55.7 Å². The van der Waals surface area contributed by atoms with Crippen LogP contribution in [0.25, 0.3) is 16.7 Å². The van der Waals surface area contributed by atoms with Crippen LogP contribution in [-0.4, -0.2) is 106 Å². The smallest absolute Gasteiger partial charge is 0.159 e. The van der Waals surface area contributed by atoms with E-state index < -0.39 is 0 Å². The van der Waals surface area contributed by atoms with Gasteiger partial charge in [0.25, 0.3) is 0 Å². The second kappa shape index (κ2) is 8.72. The van der Waals surface area contributed by atoms with Crippen molar-refractivity contribution in [1.82, 2.24) is 34.4 Å². The summed E-state index contributed by atoms with van der Waals surface area (Å²) in [6, 6.07) is 11.8. The Morgan fingerprint density at radius 1 is 0.974 bits per heavy atom. The molecule has 2 saturated carbocycles. The summed E-state index contributed by atoms with van der Waals surface area (Å²) >= 11 is 0. The molecule has 1 spiro atoms. The summed E-state index contributed by atoms with van der Waals surface area (Å²) in [4.78, 5) is 19.3. The molecule has 9 heteroatoms. The van der Waals surface area contributed by atoms with Crippen LogP contribution in [-0.2, 0) is 5.41 Å². The summed E-state index contributed by atoms with van der Waals surface area (Å²) in [7, 11) is 2.21. The number of likely N-dealkylation sites (tertiary alicyclic amines) is 2. The molecule has 5 fully saturated rings. The van der Waals surface area contributed by atoms with Crippen LogP contribution < -0.4 is 4.90 Å². The molecule has 2 aliphatic carbocycles. The Bertz CT molecular complexity index is 1420. The average molecular weight is 524 g/mol. The topological polar surface area (TPSA) is 80.4 Å². The van der Waals surface area contributed by atoms with Crippen molar-refractivity contribution in [2.24, 2.45) is 11.3 Å². The van der Waals surface area contributed by atoms with Crippen LogP contribution in [0.4, 0.5) is 5.82 Å². The number of anilines is 1. The summed E-state index contributed by atoms with van der Waals surface area (Å²) in [6.45, 7) is 10.4. The summed E-state index contributed by atoms with van der Waals surface area (Å²) in [5.41, 5.74) is 2.25. The largest absolute Gasteiger partial charge is 0.354 e. The summed E-state index contributed by atoms with van der Waals surface area (Å²) in [6.07, 6.45) is 8.12. The molecule has 5 aliphatic rings. The standard InChI is InChI=1S/C30H37N9/c1-35-13-22(14-35)15-36-16-25(17-36)37-6-8-38(9-7-37)27-11-28(33-21-32-27)39-26-10-24(3-2-23(26)12-34-39)30(20-31)18-29(19-30)4-5-29/h2-3,10-12,21-22,25H,4-9,13-19H2,1H3. The Kier molecular flexibility index (Phi) is 5.32. The first-order chi connectivity index (χ1) is 19.0. The Balaban J connectivity index is 0.942. The van der Waals surface area contributed by atoms with Crippen molar-refractivity contribution in [2.45, 2.75) is 37.1 Å². The SMILES string of the molecule is CN1CC(CN2CC(N3CCN(c4cc(-n5ncc6ccc(C7(C#N)CC8(CC8)C7)cc65)ncn4)CC3)C2)C1. The molecule has 0 unspecified atom stereocenters. The normalized spacial score (nSPS) is 25.3. The predicted octanol–water partition coefficient (Wildman–Crippen LogP) is 2.52. The lowest BCUT2D eigenvalue weighted by Crippen LogP contribution is -2.65. The van der Waals surface area contributed by atoms with Gasteiger partial charge in [0, 0.05) is 76.4 Å². The van der Waals surface area contributed by atoms with Gasteiger partial charge in [-0.15, -0.1) is 0 Å². The number of piperazine rings is 1. The predicted molar refractivity (Wildman–Crippen MR) is 150 cm³/mol. The van der Waals surface area contributed by atoms with E-state index >= 15 is 0 Å². The zero-order valence-corrected chi connectivity index (χ0v) is 22.8. The van der Waals surface area contributed by atoms with Crippen molar-refractivity contribution in [1.29, 1.82) is 5.26 Å². The number of hydrogen-bond donors (Lipinski definition) is 0. The molecule has 3 aliphatic heterocycles. The van der Waals surface area contributed by atoms with Crippen molar-refractivity contribution < 1.29 is 0 Å². The van der Waals surface area contributed by atoms with Gasteiger partial charge in [-0.25, -0.2) is 14.6 Å². The van der Waals surface area contributed by atoms with E-state index in [1.54, 1.807) is 6.33 Å². The first-order valence-corrected chi connectivity index (χ1v) is 14.6. The number of fused-ring (bicyclic) bond motifs is 1. The molecule has 1 aromatic carbocycles. The lowest BCUT2D eigenvalue weighted by Gasteiger charge is -2.50. The fraction of sp³-hybridized carbons (Fsp3) is 0.600. The molecule has 5 heterocycles. The summed E-state index contributed by atoms with van der Waals surface area (Å²) in [5, 5.41) is 15.8. The van der Waals surface area contributed by atoms with Crippen LogP contribution in [0, 0.1) is 22.7 Å². The third kappa shape index (κ3) is 4.03. The maximum Gasteiger partial charge on any atom is 0.159 e. The number of benzene rings is 1. The molecule has 0 radical (unpaired) electrons. The van der Waals surface area contributed by atoms with Crippen LogP contribution >= 0.6 is 0 Å². The van der Waals surface area contributed by atoms with Gasteiger partial charge in [-0.2, -0.15) is 10.4 Å². The molecule has 2 aromatic heterocycles. The van der Waals surface area contributed by atoms with Crippen molar-refractivity contribution in [3.05, 3.63) is 42.4 Å². The van der Waals surface area contributed by atoms with Gasteiger partial charge in [-0.1, -0.05) is 12.1 Å². The first-order valence-electron chi connectivity index (χ1n) is 14.6. The Morgan fingerprint density at radius 2 is 1.74 bits per heavy atom. The number of nitrogens with zero attached hydrogens (tertiary/aromatic N) is 9. The van der Waals surface area contributed by atoms with Gasteiger partial charge in [-0.3, -0.25) is 9.80 Å². The number of hydrogen-bond acceptors (Lipinski definition) is 8.